The highest BCUT2D eigenvalue weighted by Gasteiger charge is 2.59. The summed E-state index contributed by atoms with van der Waals surface area (Å²) in [5, 5.41) is 27.2. The molecule has 1 aromatic heterocycles. The minimum absolute atomic E-state index is 0.0440. The van der Waals surface area contributed by atoms with Crippen molar-refractivity contribution in [1.29, 1.82) is 0 Å². The second-order valence-electron chi connectivity index (χ2n) is 10.3. The maximum absolute atomic E-state index is 10.2. The van der Waals surface area contributed by atoms with Gasteiger partial charge in [0.25, 0.3) is 0 Å². The molecule has 1 aromatic rings. The quantitative estimate of drug-likeness (QED) is 0.680. The number of rotatable bonds is 2. The van der Waals surface area contributed by atoms with Crippen LogP contribution in [-0.2, 0) is 6.61 Å². The van der Waals surface area contributed by atoms with E-state index >= 15 is 0 Å². The van der Waals surface area contributed by atoms with Gasteiger partial charge in [0.15, 0.2) is 0 Å². The summed E-state index contributed by atoms with van der Waals surface area (Å²) in [7, 11) is 0. The molecular formula is C23H34N2O2. The summed E-state index contributed by atoms with van der Waals surface area (Å²) in [4.78, 5) is 0. The number of aliphatic hydroxyl groups excluding tert-OH is 2. The molecule has 0 spiro atoms. The lowest BCUT2D eigenvalue weighted by atomic mass is 9.47. The molecule has 1 heterocycles. The predicted octanol–water partition coefficient (Wildman–Crippen LogP) is 4.31. The van der Waals surface area contributed by atoms with Gasteiger partial charge in [0.2, 0.25) is 0 Å². The summed E-state index contributed by atoms with van der Waals surface area (Å²) in [6, 6.07) is 2.09. The van der Waals surface area contributed by atoms with Crippen LogP contribution in [0.2, 0.25) is 0 Å². The lowest BCUT2D eigenvalue weighted by Gasteiger charge is -2.58. The number of aromatic amines is 1. The van der Waals surface area contributed by atoms with E-state index in [1.807, 2.05) is 0 Å². The summed E-state index contributed by atoms with van der Waals surface area (Å²) < 4.78 is 0. The van der Waals surface area contributed by atoms with Crippen molar-refractivity contribution in [3.63, 3.8) is 0 Å². The molecule has 4 aliphatic carbocycles. The number of H-pyrrole nitrogens is 1. The average Bonchev–Trinajstić information content (AvgIpc) is 3.25. The van der Waals surface area contributed by atoms with Crippen LogP contribution in [0.25, 0.3) is 0 Å². The van der Waals surface area contributed by atoms with Crippen LogP contribution >= 0.6 is 0 Å². The number of aromatic nitrogens is 2. The molecule has 148 valence electrons. The number of nitrogens with one attached hydrogen (secondary N) is 1. The van der Waals surface area contributed by atoms with E-state index in [0.717, 1.165) is 42.7 Å². The molecule has 0 amide bonds. The van der Waals surface area contributed by atoms with E-state index < -0.39 is 0 Å². The third kappa shape index (κ3) is 2.52. The fourth-order valence-corrected chi connectivity index (χ4v) is 7.77. The van der Waals surface area contributed by atoms with Crippen LogP contribution in [0.1, 0.15) is 82.5 Å². The molecule has 0 radical (unpaired) electrons. The van der Waals surface area contributed by atoms with Gasteiger partial charge in [-0.25, -0.2) is 0 Å². The summed E-state index contributed by atoms with van der Waals surface area (Å²) in [6.07, 6.45) is 11.8. The minimum atomic E-state index is -0.119. The van der Waals surface area contributed by atoms with Crippen molar-refractivity contribution in [2.45, 2.75) is 83.8 Å². The molecule has 3 N–H and O–H groups in total. The molecule has 7 unspecified atom stereocenters. The Morgan fingerprint density at radius 2 is 2.00 bits per heavy atom. The van der Waals surface area contributed by atoms with Crippen molar-refractivity contribution in [2.24, 2.45) is 28.6 Å². The van der Waals surface area contributed by atoms with E-state index in [4.69, 9.17) is 0 Å². The van der Waals surface area contributed by atoms with Crippen LogP contribution in [0.4, 0.5) is 0 Å². The van der Waals surface area contributed by atoms with E-state index in [1.165, 1.54) is 37.8 Å². The van der Waals surface area contributed by atoms with Crippen LogP contribution in [-0.4, -0.2) is 26.5 Å². The predicted molar refractivity (Wildman–Crippen MR) is 105 cm³/mol. The lowest BCUT2D eigenvalue weighted by Crippen LogP contribution is -2.50. The second kappa shape index (κ2) is 6.18. The largest absolute Gasteiger partial charge is 0.393 e. The zero-order valence-corrected chi connectivity index (χ0v) is 16.7. The van der Waals surface area contributed by atoms with Gasteiger partial charge in [0.05, 0.1) is 24.1 Å². The third-order valence-electron chi connectivity index (χ3n) is 9.26. The van der Waals surface area contributed by atoms with Crippen molar-refractivity contribution >= 4 is 0 Å². The van der Waals surface area contributed by atoms with Crippen LogP contribution in [0, 0.1) is 28.6 Å². The molecule has 27 heavy (non-hydrogen) atoms. The third-order valence-corrected chi connectivity index (χ3v) is 9.26. The first-order valence-corrected chi connectivity index (χ1v) is 11.0. The summed E-state index contributed by atoms with van der Waals surface area (Å²) in [5.74, 6) is 2.87. The first kappa shape index (κ1) is 17.9. The van der Waals surface area contributed by atoms with Crippen LogP contribution < -0.4 is 0 Å². The molecule has 7 atom stereocenters. The van der Waals surface area contributed by atoms with E-state index in [1.54, 1.807) is 5.57 Å². The van der Waals surface area contributed by atoms with Crippen molar-refractivity contribution < 1.29 is 10.2 Å². The van der Waals surface area contributed by atoms with E-state index in [-0.39, 0.29) is 12.7 Å². The molecule has 0 saturated heterocycles. The Morgan fingerprint density at radius 1 is 1.15 bits per heavy atom. The van der Waals surface area contributed by atoms with Gasteiger partial charge < -0.3 is 10.2 Å². The highest BCUT2D eigenvalue weighted by Crippen LogP contribution is 2.67. The summed E-state index contributed by atoms with van der Waals surface area (Å²) in [5.41, 5.74) is 4.21. The average molecular weight is 371 g/mol. The van der Waals surface area contributed by atoms with E-state index in [9.17, 15) is 10.2 Å². The molecule has 3 saturated carbocycles. The van der Waals surface area contributed by atoms with Gasteiger partial charge in [-0.3, -0.25) is 5.10 Å². The van der Waals surface area contributed by atoms with Crippen LogP contribution in [0.3, 0.4) is 0 Å². The highest BCUT2D eigenvalue weighted by molar-refractivity contribution is 5.27. The number of hydrogen-bond donors (Lipinski definition) is 3. The van der Waals surface area contributed by atoms with Crippen LogP contribution in [0.15, 0.2) is 17.7 Å². The monoisotopic (exact) mass is 370 g/mol. The van der Waals surface area contributed by atoms with Gasteiger partial charge in [0.1, 0.15) is 0 Å². The molecule has 5 rings (SSSR count). The van der Waals surface area contributed by atoms with Crippen molar-refractivity contribution in [1.82, 2.24) is 10.2 Å². The molecule has 0 bridgehead atoms. The Morgan fingerprint density at radius 3 is 2.78 bits per heavy atom. The number of allylic oxidation sites excluding steroid dienone is 1. The summed E-state index contributed by atoms with van der Waals surface area (Å²) >= 11 is 0. The molecule has 4 heteroatoms. The summed E-state index contributed by atoms with van der Waals surface area (Å²) in [6.45, 7) is 5.06. The first-order valence-electron chi connectivity index (χ1n) is 11.0. The Hall–Kier alpha value is -1.13. The molecule has 3 fully saturated rings. The van der Waals surface area contributed by atoms with E-state index in [2.05, 4.69) is 36.2 Å². The van der Waals surface area contributed by atoms with Crippen molar-refractivity contribution in [3.05, 3.63) is 29.1 Å². The number of hydrogen-bond acceptors (Lipinski definition) is 3. The molecular weight excluding hydrogens is 336 g/mol. The van der Waals surface area contributed by atoms with Gasteiger partial charge in [-0.05, 0) is 86.0 Å². The first-order chi connectivity index (χ1) is 13.0. The normalized spacial score (nSPS) is 46.4. The van der Waals surface area contributed by atoms with Crippen molar-refractivity contribution in [2.75, 3.05) is 0 Å². The number of aliphatic hydroxyl groups is 2. The number of fused-ring (bicyclic) bond motifs is 5. The van der Waals surface area contributed by atoms with Crippen LogP contribution in [0.5, 0.6) is 0 Å². The molecule has 4 aliphatic rings. The van der Waals surface area contributed by atoms with Crippen molar-refractivity contribution in [3.8, 4) is 0 Å². The van der Waals surface area contributed by atoms with E-state index in [0.29, 0.717) is 16.7 Å². The van der Waals surface area contributed by atoms with Gasteiger partial charge in [0, 0.05) is 5.92 Å². The Bertz CT molecular complexity index is 755. The molecule has 4 nitrogen and oxygen atoms in total. The van der Waals surface area contributed by atoms with Gasteiger partial charge in [-0.15, -0.1) is 0 Å². The SMILES string of the molecule is CC12CCC(O)CC1=CCC1C2CCC2(C)C(c3cc(CO)[nH]n3)CCC12. The molecule has 0 aliphatic heterocycles. The van der Waals surface area contributed by atoms with Gasteiger partial charge >= 0.3 is 0 Å². The Balaban J connectivity index is 1.45. The maximum Gasteiger partial charge on any atom is 0.0847 e. The molecule has 0 aromatic carbocycles. The smallest absolute Gasteiger partial charge is 0.0847 e. The minimum Gasteiger partial charge on any atom is -0.393 e. The number of nitrogens with zero attached hydrogens (tertiary/aromatic N) is 1. The zero-order chi connectivity index (χ0) is 18.8. The standard InChI is InChI=1S/C23H34N2O2/c1-22-9-7-16(27)11-14(22)3-4-17-18-5-6-20(21-12-15(13-26)24-25-21)23(18,2)10-8-19(17)22/h3,12,16-20,26-27H,4-11,13H2,1-2H3,(H,24,25). The lowest BCUT2D eigenvalue weighted by molar-refractivity contribution is -0.0412. The highest BCUT2D eigenvalue weighted by atomic mass is 16.3. The Kier molecular flexibility index (Phi) is 4.11. The second-order valence-corrected chi connectivity index (χ2v) is 10.3. The van der Waals surface area contributed by atoms with Gasteiger partial charge in [-0.1, -0.05) is 25.5 Å². The topological polar surface area (TPSA) is 69.1 Å². The van der Waals surface area contributed by atoms with Gasteiger partial charge in [-0.2, -0.15) is 5.10 Å². The Labute approximate surface area is 162 Å². The zero-order valence-electron chi connectivity index (χ0n) is 16.7. The fourth-order valence-electron chi connectivity index (χ4n) is 7.77. The fraction of sp³-hybridized carbons (Fsp3) is 0.783. The maximum atomic E-state index is 10.2.